The molecule has 0 spiro atoms. The van der Waals surface area contributed by atoms with Crippen LogP contribution in [0.5, 0.6) is 0 Å². The van der Waals surface area contributed by atoms with Crippen LogP contribution in [0.25, 0.3) is 11.2 Å². The van der Waals surface area contributed by atoms with Gasteiger partial charge in [0.25, 0.3) is 0 Å². The molecule has 9 nitrogen and oxygen atoms in total. The lowest BCUT2D eigenvalue weighted by Crippen LogP contribution is -2.32. The molecule has 21 heavy (non-hydrogen) atoms. The fourth-order valence-corrected chi connectivity index (χ4v) is 3.07. The van der Waals surface area contributed by atoms with E-state index >= 15 is 0 Å². The average Bonchev–Trinajstić information content (AvgIpc) is 2.99. The molecule has 0 amide bonds. The molecule has 4 N–H and O–H groups in total. The summed E-state index contributed by atoms with van der Waals surface area (Å²) in [5.41, 5.74) is 5.88. The van der Waals surface area contributed by atoms with Crippen LogP contribution in [0, 0.1) is 0 Å². The second kappa shape index (κ2) is 5.19. The van der Waals surface area contributed by atoms with Crippen LogP contribution in [0.15, 0.2) is 11.1 Å². The SMILES string of the molecule is Cn1c(N)c2ncn(C3O[C@H](CI)[C@@H](O)[C@H]3O)c2nc1=O. The Labute approximate surface area is 132 Å². The van der Waals surface area contributed by atoms with Crippen molar-refractivity contribution < 1.29 is 14.9 Å². The van der Waals surface area contributed by atoms with Crippen molar-refractivity contribution in [3.8, 4) is 0 Å². The van der Waals surface area contributed by atoms with Crippen molar-refractivity contribution in [1.29, 1.82) is 0 Å². The van der Waals surface area contributed by atoms with E-state index in [1.54, 1.807) is 0 Å². The molecule has 0 aromatic carbocycles. The van der Waals surface area contributed by atoms with E-state index in [1.165, 1.54) is 22.5 Å². The van der Waals surface area contributed by atoms with Crippen molar-refractivity contribution >= 4 is 39.6 Å². The highest BCUT2D eigenvalue weighted by Crippen LogP contribution is 2.32. The number of ether oxygens (including phenoxy) is 1. The fourth-order valence-electron chi connectivity index (χ4n) is 2.35. The number of hydrogen-bond acceptors (Lipinski definition) is 7. The minimum absolute atomic E-state index is 0.183. The second-order valence-electron chi connectivity index (χ2n) is 4.86. The molecule has 3 rings (SSSR count). The molecule has 0 radical (unpaired) electrons. The number of nitrogen functional groups attached to an aromatic ring is 1. The third kappa shape index (κ3) is 2.13. The van der Waals surface area contributed by atoms with Crippen molar-refractivity contribution in [2.75, 3.05) is 10.2 Å². The summed E-state index contributed by atoms with van der Waals surface area (Å²) >= 11 is 2.07. The Hall–Kier alpha value is -1.24. The number of aromatic nitrogens is 4. The first kappa shape index (κ1) is 14.7. The second-order valence-corrected chi connectivity index (χ2v) is 5.74. The lowest BCUT2D eigenvalue weighted by atomic mass is 10.1. The summed E-state index contributed by atoms with van der Waals surface area (Å²) < 4.78 is 8.76. The highest BCUT2D eigenvalue weighted by atomic mass is 127. The maximum atomic E-state index is 11.8. The molecule has 10 heteroatoms. The monoisotopic (exact) mass is 407 g/mol. The highest BCUT2D eigenvalue weighted by Gasteiger charge is 2.43. The van der Waals surface area contributed by atoms with Gasteiger partial charge in [0.1, 0.15) is 23.5 Å². The molecular weight excluding hydrogens is 393 g/mol. The number of rotatable bonds is 2. The number of nitrogens with two attached hydrogens (primary N) is 1. The van der Waals surface area contributed by atoms with Gasteiger partial charge in [0, 0.05) is 11.5 Å². The molecular formula is C11H14IN5O4. The summed E-state index contributed by atoms with van der Waals surface area (Å²) in [5.74, 6) is 0.183. The van der Waals surface area contributed by atoms with Gasteiger partial charge in [-0.25, -0.2) is 9.78 Å². The van der Waals surface area contributed by atoms with E-state index in [1.807, 2.05) is 0 Å². The van der Waals surface area contributed by atoms with Crippen LogP contribution >= 0.6 is 22.6 Å². The molecule has 0 bridgehead atoms. The number of aliphatic hydroxyl groups excluding tert-OH is 2. The molecule has 0 aliphatic carbocycles. The van der Waals surface area contributed by atoms with E-state index in [0.29, 0.717) is 9.94 Å². The van der Waals surface area contributed by atoms with Gasteiger partial charge in [-0.15, -0.1) is 0 Å². The van der Waals surface area contributed by atoms with E-state index in [0.717, 1.165) is 0 Å². The molecule has 3 heterocycles. The molecule has 1 saturated heterocycles. The summed E-state index contributed by atoms with van der Waals surface area (Å²) in [6.07, 6.45) is -2.10. The van der Waals surface area contributed by atoms with Gasteiger partial charge in [0.15, 0.2) is 11.9 Å². The maximum Gasteiger partial charge on any atom is 0.350 e. The molecule has 1 aliphatic rings. The summed E-state index contributed by atoms with van der Waals surface area (Å²) in [4.78, 5) is 19.8. The number of anilines is 1. The number of fused-ring (bicyclic) bond motifs is 1. The quantitative estimate of drug-likeness (QED) is 0.420. The van der Waals surface area contributed by atoms with Gasteiger partial charge >= 0.3 is 5.69 Å². The van der Waals surface area contributed by atoms with Gasteiger partial charge < -0.3 is 20.7 Å². The van der Waals surface area contributed by atoms with E-state index in [4.69, 9.17) is 10.5 Å². The van der Waals surface area contributed by atoms with Crippen molar-refractivity contribution in [3.05, 3.63) is 16.8 Å². The van der Waals surface area contributed by atoms with Gasteiger partial charge in [-0.2, -0.15) is 4.98 Å². The third-order valence-electron chi connectivity index (χ3n) is 3.62. The van der Waals surface area contributed by atoms with Crippen molar-refractivity contribution in [1.82, 2.24) is 19.1 Å². The Bertz CT molecular complexity index is 744. The Balaban J connectivity index is 2.12. The molecule has 1 aliphatic heterocycles. The van der Waals surface area contributed by atoms with Crippen molar-refractivity contribution in [2.45, 2.75) is 24.5 Å². The van der Waals surface area contributed by atoms with Crippen LogP contribution in [-0.2, 0) is 11.8 Å². The zero-order chi connectivity index (χ0) is 15.3. The first-order chi connectivity index (χ1) is 9.95. The van der Waals surface area contributed by atoms with Crippen molar-refractivity contribution in [3.63, 3.8) is 0 Å². The molecule has 4 atom stereocenters. The van der Waals surface area contributed by atoms with Crippen LogP contribution in [0.3, 0.4) is 0 Å². The number of nitrogens with zero attached hydrogens (tertiary/aromatic N) is 4. The van der Waals surface area contributed by atoms with E-state index in [-0.39, 0.29) is 11.5 Å². The first-order valence-corrected chi connectivity index (χ1v) is 7.75. The average molecular weight is 407 g/mol. The Morgan fingerprint density at radius 2 is 2.19 bits per heavy atom. The minimum atomic E-state index is -1.13. The zero-order valence-electron chi connectivity index (χ0n) is 11.0. The molecule has 1 unspecified atom stereocenters. The predicted octanol–water partition coefficient (Wildman–Crippen LogP) is -1.23. The van der Waals surface area contributed by atoms with Crippen LogP contribution < -0.4 is 11.4 Å². The molecule has 2 aromatic heterocycles. The van der Waals surface area contributed by atoms with Crippen molar-refractivity contribution in [2.24, 2.45) is 7.05 Å². The number of alkyl halides is 1. The minimum Gasteiger partial charge on any atom is -0.387 e. The first-order valence-electron chi connectivity index (χ1n) is 6.22. The predicted molar refractivity (Wildman–Crippen MR) is 82.0 cm³/mol. The lowest BCUT2D eigenvalue weighted by Gasteiger charge is -2.16. The Morgan fingerprint density at radius 3 is 2.81 bits per heavy atom. The van der Waals surface area contributed by atoms with E-state index in [2.05, 4.69) is 32.6 Å². The fraction of sp³-hybridized carbons (Fsp3) is 0.545. The summed E-state index contributed by atoms with van der Waals surface area (Å²) in [6, 6.07) is 0. The summed E-state index contributed by atoms with van der Waals surface area (Å²) in [7, 11) is 1.50. The third-order valence-corrected chi connectivity index (χ3v) is 4.49. The van der Waals surface area contributed by atoms with Gasteiger partial charge in [0.2, 0.25) is 0 Å². The number of imidazole rings is 1. The Morgan fingerprint density at radius 1 is 1.48 bits per heavy atom. The van der Waals surface area contributed by atoms with Gasteiger partial charge in [0.05, 0.1) is 12.4 Å². The molecule has 114 valence electrons. The van der Waals surface area contributed by atoms with Crippen LogP contribution in [0.2, 0.25) is 0 Å². The molecule has 0 saturated carbocycles. The lowest BCUT2D eigenvalue weighted by molar-refractivity contribution is -0.0283. The number of halogens is 1. The maximum absolute atomic E-state index is 11.8. The van der Waals surface area contributed by atoms with Crippen LogP contribution in [-0.4, -0.2) is 52.1 Å². The number of hydrogen-bond donors (Lipinski definition) is 3. The smallest absolute Gasteiger partial charge is 0.350 e. The normalized spacial score (nSPS) is 29.3. The largest absolute Gasteiger partial charge is 0.387 e. The van der Waals surface area contributed by atoms with E-state index in [9.17, 15) is 15.0 Å². The molecule has 2 aromatic rings. The highest BCUT2D eigenvalue weighted by molar-refractivity contribution is 14.1. The van der Waals surface area contributed by atoms with Gasteiger partial charge in [-0.1, -0.05) is 22.6 Å². The van der Waals surface area contributed by atoms with Gasteiger partial charge in [-0.3, -0.25) is 9.13 Å². The van der Waals surface area contributed by atoms with Crippen LogP contribution in [0.4, 0.5) is 5.82 Å². The standard InChI is InChI=1S/C11H14IN5O4/c1-16-8(13)5-9(15-11(16)20)17(3-14-5)10-7(19)6(18)4(2-12)21-10/h3-4,6-7,10,18-19H,2,13H2,1H3/t4-,6-,7-,10?/m1/s1. The Kier molecular flexibility index (Phi) is 3.63. The zero-order valence-corrected chi connectivity index (χ0v) is 13.2. The summed E-state index contributed by atoms with van der Waals surface area (Å²) in [5, 5.41) is 20.0. The van der Waals surface area contributed by atoms with Gasteiger partial charge in [-0.05, 0) is 0 Å². The van der Waals surface area contributed by atoms with Crippen LogP contribution in [0.1, 0.15) is 6.23 Å². The van der Waals surface area contributed by atoms with E-state index < -0.39 is 30.2 Å². The topological polar surface area (TPSA) is 128 Å². The summed E-state index contributed by atoms with van der Waals surface area (Å²) in [6.45, 7) is 0. The molecule has 1 fully saturated rings. The number of aliphatic hydroxyl groups is 2.